The predicted molar refractivity (Wildman–Crippen MR) is 62.7 cm³/mol. The van der Waals surface area contributed by atoms with Crippen LogP contribution in [0.5, 0.6) is 0 Å². The number of nitrogens with one attached hydrogen (secondary N) is 2. The number of aliphatic hydroxyl groups excluding tert-OH is 1. The maximum atomic E-state index is 11.8. The van der Waals surface area contributed by atoms with E-state index >= 15 is 0 Å². The zero-order valence-corrected chi connectivity index (χ0v) is 11.0. The number of thiazole rings is 1. The van der Waals surface area contributed by atoms with Crippen LogP contribution in [0.15, 0.2) is 9.00 Å². The second-order valence-electron chi connectivity index (χ2n) is 3.39. The molecule has 17 heavy (non-hydrogen) atoms. The van der Waals surface area contributed by atoms with Crippen molar-refractivity contribution in [3.63, 3.8) is 0 Å². The Morgan fingerprint density at radius 2 is 2.24 bits per heavy atom. The number of methoxy groups -OCH3 is 1. The van der Waals surface area contributed by atoms with E-state index in [1.165, 1.54) is 14.0 Å². The third-order valence-corrected chi connectivity index (χ3v) is 4.92. The van der Waals surface area contributed by atoms with Gasteiger partial charge in [0.1, 0.15) is 0 Å². The summed E-state index contributed by atoms with van der Waals surface area (Å²) in [5.74, 6) is 0. The maximum Gasteiger partial charge on any atom is 0.305 e. The number of aromatic nitrogens is 1. The maximum absolute atomic E-state index is 11.8. The van der Waals surface area contributed by atoms with Crippen molar-refractivity contribution in [1.29, 1.82) is 0 Å². The highest BCUT2D eigenvalue weighted by atomic mass is 32.2. The molecule has 0 aromatic carbocycles. The average Bonchev–Trinajstić information content (AvgIpc) is 2.56. The molecule has 0 aliphatic heterocycles. The van der Waals surface area contributed by atoms with Crippen LogP contribution >= 0.6 is 11.3 Å². The fourth-order valence-corrected chi connectivity index (χ4v) is 3.59. The number of sulfonamides is 1. The van der Waals surface area contributed by atoms with E-state index in [-0.39, 0.29) is 23.1 Å². The number of hydrogen-bond acceptors (Lipinski definition) is 6. The van der Waals surface area contributed by atoms with Gasteiger partial charge >= 0.3 is 4.87 Å². The van der Waals surface area contributed by atoms with E-state index in [0.717, 1.165) is 0 Å². The highest BCUT2D eigenvalue weighted by Gasteiger charge is 2.21. The normalized spacial score (nSPS) is 13.8. The smallest absolute Gasteiger partial charge is 0.305 e. The molecular formula is C8H14N2O5S2. The van der Waals surface area contributed by atoms with Crippen LogP contribution in [0, 0.1) is 6.92 Å². The second-order valence-corrected chi connectivity index (χ2v) is 6.33. The summed E-state index contributed by atoms with van der Waals surface area (Å²) in [5.41, 5.74) is 0.286. The minimum absolute atomic E-state index is 0.0326. The fourth-order valence-electron chi connectivity index (χ4n) is 1.17. The highest BCUT2D eigenvalue weighted by Crippen LogP contribution is 2.15. The molecule has 1 unspecified atom stereocenters. The summed E-state index contributed by atoms with van der Waals surface area (Å²) in [5, 5.41) is 9.32. The summed E-state index contributed by atoms with van der Waals surface area (Å²) in [7, 11) is -2.36. The molecule has 0 spiro atoms. The highest BCUT2D eigenvalue weighted by molar-refractivity contribution is 7.91. The molecule has 3 N–H and O–H groups in total. The Hall–Kier alpha value is -0.740. The standard InChI is InChI=1S/C8H14N2O5S2/c1-5-7(16-8(12)10-5)17(13,14)9-3-6(11)4-15-2/h6,9,11H,3-4H2,1-2H3,(H,10,12). The van der Waals surface area contributed by atoms with Crippen LogP contribution in [0.25, 0.3) is 0 Å². The molecule has 1 heterocycles. The molecule has 0 aliphatic rings. The van der Waals surface area contributed by atoms with Crippen molar-refractivity contribution in [3.8, 4) is 0 Å². The third kappa shape index (κ3) is 3.89. The molecule has 1 rings (SSSR count). The van der Waals surface area contributed by atoms with Gasteiger partial charge in [0, 0.05) is 19.3 Å². The molecule has 98 valence electrons. The van der Waals surface area contributed by atoms with Crippen LogP contribution in [0.1, 0.15) is 5.69 Å². The number of ether oxygens (including phenoxy) is 1. The van der Waals surface area contributed by atoms with Crippen LogP contribution < -0.4 is 9.60 Å². The summed E-state index contributed by atoms with van der Waals surface area (Å²) in [4.78, 5) is 13.0. The van der Waals surface area contributed by atoms with Crippen LogP contribution in [0.4, 0.5) is 0 Å². The van der Waals surface area contributed by atoms with E-state index in [1.807, 2.05) is 0 Å². The number of aryl methyl sites for hydroxylation is 1. The third-order valence-electron chi connectivity index (χ3n) is 1.89. The Morgan fingerprint density at radius 3 is 2.71 bits per heavy atom. The van der Waals surface area contributed by atoms with Gasteiger partial charge in [-0.1, -0.05) is 11.3 Å². The van der Waals surface area contributed by atoms with Gasteiger partial charge < -0.3 is 14.8 Å². The Kier molecular flexibility index (Phi) is 4.83. The lowest BCUT2D eigenvalue weighted by Crippen LogP contribution is -2.34. The molecule has 0 radical (unpaired) electrons. The van der Waals surface area contributed by atoms with Gasteiger partial charge in [-0.15, -0.1) is 0 Å². The Morgan fingerprint density at radius 1 is 1.59 bits per heavy atom. The summed E-state index contributed by atoms with van der Waals surface area (Å²) >= 11 is 0.612. The number of aromatic amines is 1. The summed E-state index contributed by atoms with van der Waals surface area (Å²) in [6, 6.07) is 0. The van der Waals surface area contributed by atoms with E-state index in [4.69, 9.17) is 0 Å². The fraction of sp³-hybridized carbons (Fsp3) is 0.625. The SMILES string of the molecule is COCC(O)CNS(=O)(=O)c1sc(=O)[nH]c1C. The van der Waals surface area contributed by atoms with Gasteiger partial charge in [0.15, 0.2) is 4.21 Å². The van der Waals surface area contributed by atoms with E-state index < -0.39 is 21.0 Å². The van der Waals surface area contributed by atoms with Gasteiger partial charge in [-0.3, -0.25) is 4.79 Å². The van der Waals surface area contributed by atoms with Gasteiger partial charge in [0.25, 0.3) is 10.0 Å². The van der Waals surface area contributed by atoms with Crippen molar-refractivity contribution in [3.05, 3.63) is 15.4 Å². The lowest BCUT2D eigenvalue weighted by atomic mass is 10.4. The molecule has 1 atom stereocenters. The molecule has 0 bridgehead atoms. The van der Waals surface area contributed by atoms with Crippen molar-refractivity contribution in [1.82, 2.24) is 9.71 Å². The molecule has 0 aliphatic carbocycles. The zero-order chi connectivity index (χ0) is 13.1. The van der Waals surface area contributed by atoms with Gasteiger partial charge in [-0.25, -0.2) is 13.1 Å². The van der Waals surface area contributed by atoms with E-state index in [2.05, 4.69) is 14.4 Å². The molecule has 1 aromatic rings. The Bertz CT molecular complexity index is 518. The van der Waals surface area contributed by atoms with Crippen LogP contribution in [-0.4, -0.2) is 44.9 Å². The Labute approximate surface area is 102 Å². The monoisotopic (exact) mass is 282 g/mol. The van der Waals surface area contributed by atoms with Gasteiger partial charge in [-0.05, 0) is 6.92 Å². The van der Waals surface area contributed by atoms with Crippen molar-refractivity contribution in [2.45, 2.75) is 17.2 Å². The predicted octanol–water partition coefficient (Wildman–Crippen LogP) is -0.970. The molecule has 0 saturated carbocycles. The quantitative estimate of drug-likeness (QED) is 0.622. The van der Waals surface area contributed by atoms with Crippen molar-refractivity contribution < 1.29 is 18.3 Å². The molecule has 9 heteroatoms. The topological polar surface area (TPSA) is 108 Å². The number of H-pyrrole nitrogens is 1. The summed E-state index contributed by atoms with van der Waals surface area (Å²) in [6.45, 7) is 1.37. The number of aliphatic hydroxyl groups is 1. The molecule has 0 fully saturated rings. The van der Waals surface area contributed by atoms with Crippen LogP contribution in [-0.2, 0) is 14.8 Å². The molecule has 7 nitrogen and oxygen atoms in total. The largest absolute Gasteiger partial charge is 0.389 e. The van der Waals surface area contributed by atoms with Crippen molar-refractivity contribution >= 4 is 21.4 Å². The van der Waals surface area contributed by atoms with Crippen molar-refractivity contribution in [2.24, 2.45) is 0 Å². The van der Waals surface area contributed by atoms with Gasteiger partial charge in [0.2, 0.25) is 0 Å². The van der Waals surface area contributed by atoms with Crippen LogP contribution in [0.2, 0.25) is 0 Å². The average molecular weight is 282 g/mol. The lowest BCUT2D eigenvalue weighted by Gasteiger charge is -2.10. The first-order chi connectivity index (χ1) is 7.86. The Balaban J connectivity index is 2.76. The van der Waals surface area contributed by atoms with Crippen molar-refractivity contribution in [2.75, 3.05) is 20.3 Å². The zero-order valence-electron chi connectivity index (χ0n) is 9.39. The van der Waals surface area contributed by atoms with Crippen LogP contribution in [0.3, 0.4) is 0 Å². The first-order valence-corrected chi connectivity index (χ1v) is 7.03. The summed E-state index contributed by atoms with van der Waals surface area (Å²) in [6.07, 6.45) is -0.925. The second kappa shape index (κ2) is 5.74. The van der Waals surface area contributed by atoms with E-state index in [0.29, 0.717) is 11.3 Å². The minimum atomic E-state index is -3.76. The molecule has 0 amide bonds. The van der Waals surface area contributed by atoms with Gasteiger partial charge in [0.05, 0.1) is 12.7 Å². The first-order valence-electron chi connectivity index (χ1n) is 4.73. The van der Waals surface area contributed by atoms with Gasteiger partial charge in [-0.2, -0.15) is 0 Å². The first kappa shape index (κ1) is 14.3. The lowest BCUT2D eigenvalue weighted by molar-refractivity contribution is 0.0679. The number of hydrogen-bond donors (Lipinski definition) is 3. The van der Waals surface area contributed by atoms with E-state index in [9.17, 15) is 18.3 Å². The molecule has 0 saturated heterocycles. The minimum Gasteiger partial charge on any atom is -0.389 e. The number of rotatable bonds is 6. The molecular weight excluding hydrogens is 268 g/mol. The molecule has 1 aromatic heterocycles. The van der Waals surface area contributed by atoms with E-state index in [1.54, 1.807) is 0 Å². The summed E-state index contributed by atoms with van der Waals surface area (Å²) < 4.78 is 30.3.